The van der Waals surface area contributed by atoms with Crippen molar-refractivity contribution in [3.05, 3.63) is 24.3 Å². The Morgan fingerprint density at radius 2 is 0.523 bits per heavy atom. The summed E-state index contributed by atoms with van der Waals surface area (Å²) in [5, 5.41) is 10.7. The second-order valence-electron chi connectivity index (χ2n) is 31.2. The average molecular weight is 1560 g/mol. The standard InChI is InChI=1S/C88H168O17P2/c1-6-10-13-16-19-22-25-27-29-30-31-32-36-40-43-47-52-57-62-67-72-86(91)99-78-84(105-88(93)74-69-64-59-54-49-45-41-37-34-33-35-39-42-46-50-55-60-65-70-81(5)9-4)80-103-107(96,97)101-76-82(89)75-100-106(94,95)102-79-83(77-98-85(90)71-66-61-56-51-24-21-18-15-12-8-3)104-87(92)73-68-63-58-53-48-44-38-28-26-23-20-17-14-11-7-2/h23,26,28,38,81-84,89H,6-22,24-25,27,29-37,39-80H2,1-5H3,(H,94,95)(H,96,97)/b26-23-,38-28-/t81?,82-,83+,84+/m0/s1. The minimum absolute atomic E-state index is 0.0857. The fourth-order valence-corrected chi connectivity index (χ4v) is 14.8. The van der Waals surface area contributed by atoms with Crippen LogP contribution < -0.4 is 0 Å². The van der Waals surface area contributed by atoms with Crippen LogP contribution >= 0.6 is 15.6 Å². The molecular formula is C88H168O17P2. The third-order valence-corrected chi connectivity index (χ3v) is 22.4. The molecule has 0 aliphatic carbocycles. The van der Waals surface area contributed by atoms with Crippen LogP contribution in [0.25, 0.3) is 0 Å². The molecular weight excluding hydrogens is 1390 g/mol. The lowest BCUT2D eigenvalue weighted by Gasteiger charge is -2.21. The van der Waals surface area contributed by atoms with Gasteiger partial charge < -0.3 is 33.8 Å². The maximum atomic E-state index is 13.2. The zero-order valence-corrected chi connectivity index (χ0v) is 71.6. The van der Waals surface area contributed by atoms with E-state index in [1.165, 1.54) is 263 Å². The van der Waals surface area contributed by atoms with Gasteiger partial charge in [-0.2, -0.15) is 0 Å². The maximum Gasteiger partial charge on any atom is 0.472 e. The molecule has 632 valence electrons. The molecule has 0 aromatic carbocycles. The summed E-state index contributed by atoms with van der Waals surface area (Å²) in [6, 6.07) is 0. The number of unbranched alkanes of at least 4 members (excludes halogenated alkanes) is 54. The van der Waals surface area contributed by atoms with Crippen molar-refractivity contribution < 1.29 is 80.2 Å². The van der Waals surface area contributed by atoms with Crippen LogP contribution in [0.3, 0.4) is 0 Å². The van der Waals surface area contributed by atoms with Gasteiger partial charge in [0.2, 0.25) is 0 Å². The third kappa shape index (κ3) is 80.0. The van der Waals surface area contributed by atoms with E-state index in [0.717, 1.165) is 109 Å². The van der Waals surface area contributed by atoms with E-state index in [9.17, 15) is 43.2 Å². The number of hydrogen-bond acceptors (Lipinski definition) is 15. The van der Waals surface area contributed by atoms with Gasteiger partial charge in [-0.1, -0.05) is 399 Å². The number of phosphoric acid groups is 2. The van der Waals surface area contributed by atoms with Crippen LogP contribution in [0.5, 0.6) is 0 Å². The Morgan fingerprint density at radius 3 is 0.794 bits per heavy atom. The zero-order valence-electron chi connectivity index (χ0n) is 69.8. The maximum absolute atomic E-state index is 13.2. The van der Waals surface area contributed by atoms with Crippen molar-refractivity contribution in [2.75, 3.05) is 39.6 Å². The van der Waals surface area contributed by atoms with Gasteiger partial charge in [0.25, 0.3) is 0 Å². The second kappa shape index (κ2) is 80.2. The molecule has 0 fully saturated rings. The highest BCUT2D eigenvalue weighted by molar-refractivity contribution is 7.47. The van der Waals surface area contributed by atoms with Crippen molar-refractivity contribution in [2.45, 2.75) is 470 Å². The Bertz CT molecular complexity index is 2130. The molecule has 17 nitrogen and oxygen atoms in total. The molecule has 6 atom stereocenters. The summed E-state index contributed by atoms with van der Waals surface area (Å²) in [7, 11) is -9.94. The number of allylic oxidation sites excluding steroid dienone is 4. The van der Waals surface area contributed by atoms with Crippen LogP contribution in [0.15, 0.2) is 24.3 Å². The van der Waals surface area contributed by atoms with Crippen molar-refractivity contribution in [1.82, 2.24) is 0 Å². The Morgan fingerprint density at radius 1 is 0.299 bits per heavy atom. The first kappa shape index (κ1) is 105. The number of carbonyl (C=O) groups is 4. The molecule has 0 rings (SSSR count). The van der Waals surface area contributed by atoms with E-state index in [2.05, 4.69) is 58.9 Å². The number of phosphoric ester groups is 2. The normalized spacial score (nSPS) is 14.1. The highest BCUT2D eigenvalue weighted by Crippen LogP contribution is 2.45. The highest BCUT2D eigenvalue weighted by atomic mass is 31.2. The quantitative estimate of drug-likeness (QED) is 0.0169. The van der Waals surface area contributed by atoms with E-state index in [4.69, 9.17) is 37.0 Å². The molecule has 0 saturated heterocycles. The van der Waals surface area contributed by atoms with Crippen molar-refractivity contribution >= 4 is 39.5 Å². The van der Waals surface area contributed by atoms with E-state index < -0.39 is 97.5 Å². The van der Waals surface area contributed by atoms with Crippen LogP contribution in [-0.4, -0.2) is 96.7 Å². The summed E-state index contributed by atoms with van der Waals surface area (Å²) in [4.78, 5) is 73.2. The highest BCUT2D eigenvalue weighted by Gasteiger charge is 2.30. The predicted molar refractivity (Wildman–Crippen MR) is 441 cm³/mol. The minimum Gasteiger partial charge on any atom is -0.462 e. The lowest BCUT2D eigenvalue weighted by atomic mass is 9.99. The van der Waals surface area contributed by atoms with Gasteiger partial charge in [-0.25, -0.2) is 9.13 Å². The van der Waals surface area contributed by atoms with E-state index in [-0.39, 0.29) is 25.7 Å². The molecule has 19 heteroatoms. The van der Waals surface area contributed by atoms with E-state index in [1.54, 1.807) is 0 Å². The number of esters is 4. The van der Waals surface area contributed by atoms with Gasteiger partial charge in [-0.3, -0.25) is 37.3 Å². The number of aliphatic hydroxyl groups is 1. The molecule has 0 bridgehead atoms. The van der Waals surface area contributed by atoms with Gasteiger partial charge in [0, 0.05) is 25.7 Å². The molecule has 3 unspecified atom stereocenters. The summed E-state index contributed by atoms with van der Waals surface area (Å²) >= 11 is 0. The summed E-state index contributed by atoms with van der Waals surface area (Å²) in [5.41, 5.74) is 0. The largest absolute Gasteiger partial charge is 0.472 e. The van der Waals surface area contributed by atoms with E-state index >= 15 is 0 Å². The first-order valence-electron chi connectivity index (χ1n) is 45.0. The Balaban J connectivity index is 5.24. The number of hydrogen-bond donors (Lipinski definition) is 3. The van der Waals surface area contributed by atoms with E-state index in [1.807, 2.05) is 0 Å². The lowest BCUT2D eigenvalue weighted by Crippen LogP contribution is -2.30. The average Bonchev–Trinajstić information content (AvgIpc) is 0.939. The van der Waals surface area contributed by atoms with Gasteiger partial charge >= 0.3 is 39.5 Å². The molecule has 0 radical (unpaired) electrons. The summed E-state index contributed by atoms with van der Waals surface area (Å²) in [6.45, 7) is 7.36. The van der Waals surface area contributed by atoms with Crippen molar-refractivity contribution in [3.63, 3.8) is 0 Å². The molecule has 0 saturated carbocycles. The van der Waals surface area contributed by atoms with Crippen molar-refractivity contribution in [3.8, 4) is 0 Å². The second-order valence-corrected chi connectivity index (χ2v) is 34.1. The van der Waals surface area contributed by atoms with Crippen LogP contribution in [-0.2, 0) is 65.4 Å². The lowest BCUT2D eigenvalue weighted by molar-refractivity contribution is -0.161. The van der Waals surface area contributed by atoms with Gasteiger partial charge in [0.05, 0.1) is 26.4 Å². The summed E-state index contributed by atoms with van der Waals surface area (Å²) < 4.78 is 68.9. The third-order valence-electron chi connectivity index (χ3n) is 20.5. The number of rotatable bonds is 86. The van der Waals surface area contributed by atoms with E-state index in [0.29, 0.717) is 25.7 Å². The topological polar surface area (TPSA) is 237 Å². The zero-order chi connectivity index (χ0) is 78.3. The molecule has 0 spiro atoms. The van der Waals surface area contributed by atoms with Gasteiger partial charge in [-0.05, 0) is 57.3 Å². The molecule has 107 heavy (non-hydrogen) atoms. The minimum atomic E-state index is -4.97. The summed E-state index contributed by atoms with van der Waals surface area (Å²) in [5.74, 6) is -1.26. The first-order chi connectivity index (χ1) is 52.1. The Labute approximate surface area is 656 Å². The molecule has 0 aromatic rings. The monoisotopic (exact) mass is 1560 g/mol. The van der Waals surface area contributed by atoms with Crippen LogP contribution in [0.1, 0.15) is 452 Å². The Hall–Kier alpha value is -2.46. The van der Waals surface area contributed by atoms with Gasteiger partial charge in [0.1, 0.15) is 19.3 Å². The summed E-state index contributed by atoms with van der Waals surface area (Å²) in [6.07, 6.45) is 77.2. The van der Waals surface area contributed by atoms with Crippen molar-refractivity contribution in [2.24, 2.45) is 5.92 Å². The van der Waals surface area contributed by atoms with Crippen LogP contribution in [0.4, 0.5) is 0 Å². The molecule has 0 aliphatic rings. The van der Waals surface area contributed by atoms with Crippen LogP contribution in [0.2, 0.25) is 0 Å². The SMILES string of the molecule is CCCCCC/C=C\C=C/CCCCCCCC(=O)O[C@H](COC(=O)CCCCCCCCCCCC)COP(=O)(O)OC[C@H](O)COP(=O)(O)OC[C@@H](COC(=O)CCCCCCCCCCCCCCCCCCCCCC)OC(=O)CCCCCCCCCCCCCCCCCCCCC(C)CC. The number of aliphatic hydroxyl groups excluding tert-OH is 1. The van der Waals surface area contributed by atoms with Crippen LogP contribution in [0, 0.1) is 5.92 Å². The molecule has 0 aromatic heterocycles. The predicted octanol–water partition coefficient (Wildman–Crippen LogP) is 26.7. The van der Waals surface area contributed by atoms with Gasteiger partial charge in [-0.15, -0.1) is 0 Å². The number of ether oxygens (including phenoxy) is 4. The fourth-order valence-electron chi connectivity index (χ4n) is 13.3. The molecule has 0 heterocycles. The van der Waals surface area contributed by atoms with Crippen molar-refractivity contribution in [1.29, 1.82) is 0 Å². The first-order valence-corrected chi connectivity index (χ1v) is 48.0. The fraction of sp³-hybridized carbons (Fsp3) is 0.909. The van der Waals surface area contributed by atoms with Gasteiger partial charge in [0.15, 0.2) is 12.2 Å². The molecule has 0 aliphatic heterocycles. The Kier molecular flexibility index (Phi) is 78.3. The number of carbonyl (C=O) groups excluding carboxylic acids is 4. The molecule has 3 N–H and O–H groups in total. The smallest absolute Gasteiger partial charge is 0.462 e. The molecule has 0 amide bonds.